The van der Waals surface area contributed by atoms with Crippen LogP contribution in [0, 0.1) is 13.8 Å². The lowest BCUT2D eigenvalue weighted by atomic mass is 9.94. The number of rotatable bonds is 5. The third-order valence-corrected chi connectivity index (χ3v) is 7.05. The van der Waals surface area contributed by atoms with E-state index in [1.54, 1.807) is 12.1 Å². The van der Waals surface area contributed by atoms with Crippen LogP contribution in [0.2, 0.25) is 0 Å². The van der Waals surface area contributed by atoms with E-state index in [0.29, 0.717) is 28.6 Å². The number of hydrogen-bond acceptors (Lipinski definition) is 6. The van der Waals surface area contributed by atoms with Gasteiger partial charge in [-0.3, -0.25) is 14.5 Å². The third-order valence-electron chi connectivity index (χ3n) is 6.03. The normalized spacial score (nSPS) is 17.3. The molecule has 1 atom stereocenters. The second-order valence-electron chi connectivity index (χ2n) is 8.50. The SMILES string of the molecule is CCOc1ccc2nc(N3C(=O)C(=O)C(=C(O)c4ccc(C)cc4)C3c3ccc(C)cc3)sc2c1. The van der Waals surface area contributed by atoms with E-state index in [4.69, 9.17) is 4.74 Å². The smallest absolute Gasteiger partial charge is 0.301 e. The second-order valence-corrected chi connectivity index (χ2v) is 9.51. The fourth-order valence-corrected chi connectivity index (χ4v) is 5.23. The van der Waals surface area contributed by atoms with E-state index in [-0.39, 0.29) is 11.3 Å². The number of thiazole rings is 1. The Balaban J connectivity index is 1.69. The highest BCUT2D eigenvalue weighted by molar-refractivity contribution is 7.22. The van der Waals surface area contributed by atoms with Crippen LogP contribution in [-0.2, 0) is 9.59 Å². The zero-order valence-electron chi connectivity index (χ0n) is 19.6. The van der Waals surface area contributed by atoms with E-state index in [1.807, 2.05) is 75.4 Å². The molecule has 6 nitrogen and oxygen atoms in total. The molecule has 1 amide bonds. The van der Waals surface area contributed by atoms with E-state index in [2.05, 4.69) is 4.98 Å². The van der Waals surface area contributed by atoms with Crippen molar-refractivity contribution in [2.24, 2.45) is 0 Å². The van der Waals surface area contributed by atoms with Crippen LogP contribution in [0.3, 0.4) is 0 Å². The van der Waals surface area contributed by atoms with Crippen molar-refractivity contribution in [3.8, 4) is 5.75 Å². The molecule has 1 aromatic heterocycles. The van der Waals surface area contributed by atoms with Gasteiger partial charge in [0, 0.05) is 5.56 Å². The number of fused-ring (bicyclic) bond motifs is 1. The number of ether oxygens (including phenoxy) is 1. The monoisotopic (exact) mass is 484 g/mol. The number of Topliss-reactive ketones (excluding diaryl/α,β-unsaturated/α-hetero) is 1. The molecular weight excluding hydrogens is 460 g/mol. The Morgan fingerprint density at radius 2 is 1.66 bits per heavy atom. The van der Waals surface area contributed by atoms with Gasteiger partial charge in [-0.2, -0.15) is 0 Å². The summed E-state index contributed by atoms with van der Waals surface area (Å²) in [7, 11) is 0. The van der Waals surface area contributed by atoms with Gasteiger partial charge in [0.05, 0.1) is 28.4 Å². The van der Waals surface area contributed by atoms with Gasteiger partial charge in [-0.1, -0.05) is 71.0 Å². The Morgan fingerprint density at radius 1 is 1.00 bits per heavy atom. The van der Waals surface area contributed by atoms with Crippen LogP contribution >= 0.6 is 11.3 Å². The standard InChI is InChI=1S/C28H24N2O4S/c1-4-34-20-13-14-21-22(15-20)35-28(29-21)30-24(18-9-5-16(2)6-10-18)23(26(32)27(30)33)25(31)19-11-7-17(3)8-12-19/h5-15,24,31H,4H2,1-3H3. The molecule has 0 radical (unpaired) electrons. The topological polar surface area (TPSA) is 79.7 Å². The lowest BCUT2D eigenvalue weighted by Gasteiger charge is -2.23. The van der Waals surface area contributed by atoms with Crippen molar-refractivity contribution in [1.29, 1.82) is 0 Å². The molecule has 35 heavy (non-hydrogen) atoms. The highest BCUT2D eigenvalue weighted by Crippen LogP contribution is 2.44. The largest absolute Gasteiger partial charge is 0.507 e. The van der Waals surface area contributed by atoms with Gasteiger partial charge in [-0.25, -0.2) is 4.98 Å². The lowest BCUT2D eigenvalue weighted by Crippen LogP contribution is -2.29. The molecule has 176 valence electrons. The number of nitrogens with zero attached hydrogens (tertiary/aromatic N) is 2. The molecule has 0 aliphatic carbocycles. The maximum atomic E-state index is 13.4. The number of benzene rings is 3. The van der Waals surface area contributed by atoms with Gasteiger partial charge >= 0.3 is 5.91 Å². The van der Waals surface area contributed by atoms with Gasteiger partial charge in [-0.15, -0.1) is 0 Å². The predicted octanol–water partition coefficient (Wildman–Crippen LogP) is 5.94. The Kier molecular flexibility index (Phi) is 5.86. The summed E-state index contributed by atoms with van der Waals surface area (Å²) in [5.41, 5.74) is 4.04. The highest BCUT2D eigenvalue weighted by atomic mass is 32.1. The van der Waals surface area contributed by atoms with Gasteiger partial charge in [0.15, 0.2) is 5.13 Å². The van der Waals surface area contributed by atoms with Gasteiger partial charge in [0.1, 0.15) is 11.5 Å². The molecule has 1 saturated heterocycles. The van der Waals surface area contributed by atoms with Crippen LogP contribution < -0.4 is 9.64 Å². The van der Waals surface area contributed by atoms with E-state index in [9.17, 15) is 14.7 Å². The van der Waals surface area contributed by atoms with Crippen molar-refractivity contribution in [2.45, 2.75) is 26.8 Å². The molecule has 1 aliphatic rings. The summed E-state index contributed by atoms with van der Waals surface area (Å²) in [6.07, 6.45) is 0. The van der Waals surface area contributed by atoms with Crippen LogP contribution in [0.4, 0.5) is 5.13 Å². The van der Waals surface area contributed by atoms with Crippen molar-refractivity contribution >= 4 is 44.1 Å². The number of hydrogen-bond donors (Lipinski definition) is 1. The van der Waals surface area contributed by atoms with Crippen molar-refractivity contribution < 1.29 is 19.4 Å². The maximum absolute atomic E-state index is 13.4. The van der Waals surface area contributed by atoms with Crippen LogP contribution in [0.1, 0.15) is 35.2 Å². The number of carbonyl (C=O) groups excluding carboxylic acids is 2. The Bertz CT molecular complexity index is 1470. The number of aromatic nitrogens is 1. The Morgan fingerprint density at radius 3 is 2.31 bits per heavy atom. The number of anilines is 1. The highest BCUT2D eigenvalue weighted by Gasteiger charge is 2.48. The number of aliphatic hydroxyl groups excluding tert-OH is 1. The minimum absolute atomic E-state index is 0.0527. The van der Waals surface area contributed by atoms with E-state index in [1.165, 1.54) is 16.2 Å². The van der Waals surface area contributed by atoms with Crippen molar-refractivity contribution in [2.75, 3.05) is 11.5 Å². The summed E-state index contributed by atoms with van der Waals surface area (Å²) in [5, 5.41) is 11.6. The molecular formula is C28H24N2O4S. The van der Waals surface area contributed by atoms with Crippen molar-refractivity contribution in [3.05, 3.63) is 94.6 Å². The molecule has 4 aromatic rings. The Hall–Kier alpha value is -3.97. The summed E-state index contributed by atoms with van der Waals surface area (Å²) in [5.74, 6) is -0.931. The average Bonchev–Trinajstić information content (AvgIpc) is 3.38. The third kappa shape index (κ3) is 4.08. The molecule has 2 heterocycles. The summed E-state index contributed by atoms with van der Waals surface area (Å²) in [4.78, 5) is 32.8. The van der Waals surface area contributed by atoms with Crippen LogP contribution in [0.25, 0.3) is 16.0 Å². The molecule has 1 unspecified atom stereocenters. The summed E-state index contributed by atoms with van der Waals surface area (Å²) < 4.78 is 6.44. The van der Waals surface area contributed by atoms with E-state index in [0.717, 1.165) is 21.4 Å². The molecule has 0 spiro atoms. The van der Waals surface area contributed by atoms with Crippen molar-refractivity contribution in [3.63, 3.8) is 0 Å². The van der Waals surface area contributed by atoms with Crippen LogP contribution in [-0.4, -0.2) is 28.4 Å². The van der Waals surface area contributed by atoms with E-state index < -0.39 is 17.7 Å². The first-order valence-electron chi connectivity index (χ1n) is 11.4. The molecule has 7 heteroatoms. The summed E-state index contributed by atoms with van der Waals surface area (Å²) in [6, 6.07) is 19.6. The van der Waals surface area contributed by atoms with Gasteiger partial charge < -0.3 is 9.84 Å². The number of aryl methyl sites for hydroxylation is 2. The van der Waals surface area contributed by atoms with E-state index >= 15 is 0 Å². The molecule has 3 aromatic carbocycles. The molecule has 0 bridgehead atoms. The molecule has 0 saturated carbocycles. The number of aliphatic hydroxyl groups is 1. The number of ketones is 1. The zero-order chi connectivity index (χ0) is 24.7. The zero-order valence-corrected chi connectivity index (χ0v) is 20.4. The number of amides is 1. The minimum Gasteiger partial charge on any atom is -0.507 e. The van der Waals surface area contributed by atoms with Crippen LogP contribution in [0.15, 0.2) is 72.3 Å². The van der Waals surface area contributed by atoms with Gasteiger partial charge in [0.25, 0.3) is 5.78 Å². The van der Waals surface area contributed by atoms with Crippen molar-refractivity contribution in [1.82, 2.24) is 4.98 Å². The van der Waals surface area contributed by atoms with Crippen LogP contribution in [0.5, 0.6) is 5.75 Å². The summed E-state index contributed by atoms with van der Waals surface area (Å²) >= 11 is 1.31. The average molecular weight is 485 g/mol. The first-order chi connectivity index (χ1) is 16.9. The second kappa shape index (κ2) is 9.00. The van der Waals surface area contributed by atoms with Gasteiger partial charge in [0.2, 0.25) is 0 Å². The maximum Gasteiger partial charge on any atom is 0.301 e. The first kappa shape index (κ1) is 22.8. The van der Waals surface area contributed by atoms with Gasteiger partial charge in [-0.05, 0) is 44.5 Å². The predicted molar refractivity (Wildman–Crippen MR) is 138 cm³/mol. The number of carbonyl (C=O) groups is 2. The molecule has 1 N–H and O–H groups in total. The fraction of sp³-hybridized carbons (Fsp3) is 0.179. The molecule has 1 aliphatic heterocycles. The fourth-order valence-electron chi connectivity index (χ4n) is 4.21. The molecule has 1 fully saturated rings. The first-order valence-corrected chi connectivity index (χ1v) is 12.2. The minimum atomic E-state index is -0.802. The Labute approximate surface area is 207 Å². The molecule has 5 rings (SSSR count). The summed E-state index contributed by atoms with van der Waals surface area (Å²) in [6.45, 7) is 6.37. The lowest BCUT2D eigenvalue weighted by molar-refractivity contribution is -0.132. The quantitative estimate of drug-likeness (QED) is 0.215.